The fraction of sp³-hybridized carbons (Fsp3) is 0.353. The molecule has 114 valence electrons. The van der Waals surface area contributed by atoms with E-state index in [4.69, 9.17) is 0 Å². The summed E-state index contributed by atoms with van der Waals surface area (Å²) in [4.78, 5) is 15.5. The van der Waals surface area contributed by atoms with Crippen LogP contribution >= 0.6 is 0 Å². The molecule has 2 aliphatic heterocycles. The number of halogens is 1. The molecule has 0 saturated carbocycles. The fourth-order valence-corrected chi connectivity index (χ4v) is 3.56. The first-order chi connectivity index (χ1) is 10.7. The van der Waals surface area contributed by atoms with Gasteiger partial charge >= 0.3 is 0 Å². The van der Waals surface area contributed by atoms with Crippen LogP contribution in [0.15, 0.2) is 36.4 Å². The minimum atomic E-state index is -0.267. The van der Waals surface area contributed by atoms with Crippen molar-refractivity contribution in [2.75, 3.05) is 0 Å². The molecular weight excluding hydrogens is 281 g/mol. The van der Waals surface area contributed by atoms with E-state index in [1.165, 1.54) is 18.6 Å². The topological polar surface area (TPSA) is 56.9 Å². The highest BCUT2D eigenvalue weighted by Gasteiger charge is 2.39. The Hall–Kier alpha value is -2.14. The molecule has 3 N–H and O–H groups in total. The molecule has 5 heteroatoms. The van der Waals surface area contributed by atoms with Crippen LogP contribution in [0.25, 0.3) is 11.3 Å². The molecule has 0 aliphatic carbocycles. The van der Waals surface area contributed by atoms with Crippen LogP contribution in [0.1, 0.15) is 29.8 Å². The maximum absolute atomic E-state index is 13.0. The summed E-state index contributed by atoms with van der Waals surface area (Å²) < 4.78 is 13.0. The number of amides is 1. The van der Waals surface area contributed by atoms with E-state index in [0.717, 1.165) is 24.1 Å². The average molecular weight is 299 g/mol. The summed E-state index contributed by atoms with van der Waals surface area (Å²) in [6.45, 7) is 0. The van der Waals surface area contributed by atoms with E-state index in [1.807, 2.05) is 6.07 Å². The van der Waals surface area contributed by atoms with E-state index in [0.29, 0.717) is 17.8 Å². The molecule has 0 unspecified atom stereocenters. The van der Waals surface area contributed by atoms with E-state index < -0.39 is 0 Å². The van der Waals surface area contributed by atoms with Crippen molar-refractivity contribution in [3.63, 3.8) is 0 Å². The largest absolute Gasteiger partial charge is 0.351 e. The molecule has 2 fully saturated rings. The van der Waals surface area contributed by atoms with Crippen LogP contribution in [0, 0.1) is 5.82 Å². The van der Waals surface area contributed by atoms with Gasteiger partial charge in [-0.2, -0.15) is 0 Å². The second-order valence-corrected chi connectivity index (χ2v) is 6.16. The maximum Gasteiger partial charge on any atom is 0.267 e. The first-order valence-electron chi connectivity index (χ1n) is 7.71. The molecule has 3 heterocycles. The van der Waals surface area contributed by atoms with Crippen LogP contribution in [-0.4, -0.2) is 29.0 Å². The summed E-state index contributed by atoms with van der Waals surface area (Å²) in [5, 5.41) is 6.62. The Morgan fingerprint density at radius 3 is 2.64 bits per heavy atom. The summed E-state index contributed by atoms with van der Waals surface area (Å²) in [6.07, 6.45) is 3.37. The molecule has 2 aromatic rings. The molecule has 1 aromatic heterocycles. The van der Waals surface area contributed by atoms with Gasteiger partial charge in [-0.25, -0.2) is 4.39 Å². The lowest BCUT2D eigenvalue weighted by molar-refractivity contribution is 0.0926. The molecule has 0 spiro atoms. The zero-order chi connectivity index (χ0) is 15.1. The van der Waals surface area contributed by atoms with Gasteiger partial charge in [-0.3, -0.25) is 4.79 Å². The van der Waals surface area contributed by atoms with E-state index in [1.54, 1.807) is 18.2 Å². The molecule has 22 heavy (non-hydrogen) atoms. The predicted molar refractivity (Wildman–Crippen MR) is 82.0 cm³/mol. The van der Waals surface area contributed by atoms with Gasteiger partial charge in [0, 0.05) is 23.8 Å². The summed E-state index contributed by atoms with van der Waals surface area (Å²) in [6, 6.07) is 11.0. The third kappa shape index (κ3) is 2.41. The molecule has 0 radical (unpaired) electrons. The predicted octanol–water partition coefficient (Wildman–Crippen LogP) is 2.44. The molecule has 4 nitrogen and oxygen atoms in total. The Bertz CT molecular complexity index is 694. The standard InChI is InChI=1S/C17H18FN3O/c18-11-3-1-10(2-4-11)13-7-8-15(20-13)17(22)21-16-9-12-5-6-14(16)19-12/h1-4,7-8,12,14,16,19-20H,5-6,9H2,(H,21,22)/t12-,14+,16-/m1/s1. The maximum atomic E-state index is 13.0. The molecule has 2 aliphatic rings. The van der Waals surface area contributed by atoms with Crippen molar-refractivity contribution in [2.45, 2.75) is 37.4 Å². The lowest BCUT2D eigenvalue weighted by Crippen LogP contribution is -2.43. The average Bonchev–Trinajstić information content (AvgIpc) is 3.24. The van der Waals surface area contributed by atoms with Crippen molar-refractivity contribution >= 4 is 5.91 Å². The second kappa shape index (κ2) is 5.25. The number of benzene rings is 1. The summed E-state index contributed by atoms with van der Waals surface area (Å²) in [5.41, 5.74) is 2.22. The van der Waals surface area contributed by atoms with Crippen molar-refractivity contribution < 1.29 is 9.18 Å². The van der Waals surface area contributed by atoms with Crippen LogP contribution in [0.4, 0.5) is 4.39 Å². The number of nitrogens with one attached hydrogen (secondary N) is 3. The number of carbonyl (C=O) groups is 1. The first-order valence-corrected chi connectivity index (χ1v) is 7.71. The fourth-order valence-electron chi connectivity index (χ4n) is 3.56. The summed E-state index contributed by atoms with van der Waals surface area (Å²) >= 11 is 0. The van der Waals surface area contributed by atoms with Gasteiger partial charge in [0.1, 0.15) is 11.5 Å². The number of aromatic amines is 1. The zero-order valence-electron chi connectivity index (χ0n) is 12.1. The van der Waals surface area contributed by atoms with Gasteiger partial charge in [0.2, 0.25) is 0 Å². The van der Waals surface area contributed by atoms with Gasteiger partial charge in [0.15, 0.2) is 0 Å². The highest BCUT2D eigenvalue weighted by Crippen LogP contribution is 2.28. The van der Waals surface area contributed by atoms with Crippen LogP contribution in [0.2, 0.25) is 0 Å². The Morgan fingerprint density at radius 2 is 1.95 bits per heavy atom. The van der Waals surface area contributed by atoms with E-state index in [-0.39, 0.29) is 17.8 Å². The molecular formula is C17H18FN3O. The molecule has 2 bridgehead atoms. The molecule has 2 saturated heterocycles. The van der Waals surface area contributed by atoms with Crippen molar-refractivity contribution in [1.29, 1.82) is 0 Å². The summed E-state index contributed by atoms with van der Waals surface area (Å²) in [5.74, 6) is -0.343. The Kier molecular flexibility index (Phi) is 3.22. The number of hydrogen-bond donors (Lipinski definition) is 3. The van der Waals surface area contributed by atoms with Crippen molar-refractivity contribution in [1.82, 2.24) is 15.6 Å². The number of H-pyrrole nitrogens is 1. The molecule has 1 amide bonds. The monoisotopic (exact) mass is 299 g/mol. The summed E-state index contributed by atoms with van der Waals surface area (Å²) in [7, 11) is 0. The molecule has 4 rings (SSSR count). The minimum Gasteiger partial charge on any atom is -0.351 e. The minimum absolute atomic E-state index is 0.0762. The van der Waals surface area contributed by atoms with Crippen LogP contribution < -0.4 is 10.6 Å². The van der Waals surface area contributed by atoms with E-state index in [2.05, 4.69) is 15.6 Å². The number of fused-ring (bicyclic) bond motifs is 2. The third-order valence-corrected chi connectivity index (χ3v) is 4.70. The number of hydrogen-bond acceptors (Lipinski definition) is 2. The molecule has 3 atom stereocenters. The number of rotatable bonds is 3. The highest BCUT2D eigenvalue weighted by atomic mass is 19.1. The Labute approximate surface area is 128 Å². The normalized spacial score (nSPS) is 26.3. The van der Waals surface area contributed by atoms with Crippen LogP contribution in [0.3, 0.4) is 0 Å². The van der Waals surface area contributed by atoms with Crippen LogP contribution in [0.5, 0.6) is 0 Å². The van der Waals surface area contributed by atoms with Crippen molar-refractivity contribution in [3.05, 3.63) is 47.9 Å². The van der Waals surface area contributed by atoms with Gasteiger partial charge < -0.3 is 15.6 Å². The zero-order valence-corrected chi connectivity index (χ0v) is 12.1. The van der Waals surface area contributed by atoms with Gasteiger partial charge in [0.25, 0.3) is 5.91 Å². The lowest BCUT2D eigenvalue weighted by atomic mass is 9.95. The second-order valence-electron chi connectivity index (χ2n) is 6.16. The molecule has 1 aromatic carbocycles. The SMILES string of the molecule is O=C(N[C@@H]1C[C@H]2CC[C@@H]1N2)c1ccc(-c2ccc(F)cc2)[nH]1. The van der Waals surface area contributed by atoms with Gasteiger partial charge in [-0.1, -0.05) is 0 Å². The Balaban J connectivity index is 1.46. The van der Waals surface area contributed by atoms with E-state index >= 15 is 0 Å². The highest BCUT2D eigenvalue weighted by molar-refractivity contribution is 5.93. The quantitative estimate of drug-likeness (QED) is 0.815. The van der Waals surface area contributed by atoms with Crippen molar-refractivity contribution in [3.8, 4) is 11.3 Å². The Morgan fingerprint density at radius 1 is 1.14 bits per heavy atom. The van der Waals surface area contributed by atoms with Crippen molar-refractivity contribution in [2.24, 2.45) is 0 Å². The lowest BCUT2D eigenvalue weighted by Gasteiger charge is -2.21. The number of carbonyl (C=O) groups excluding carboxylic acids is 1. The number of aromatic nitrogens is 1. The van der Waals surface area contributed by atoms with Gasteiger partial charge in [-0.05, 0) is 61.2 Å². The first kappa shape index (κ1) is 13.5. The van der Waals surface area contributed by atoms with Crippen LogP contribution in [-0.2, 0) is 0 Å². The van der Waals surface area contributed by atoms with Gasteiger partial charge in [-0.15, -0.1) is 0 Å². The third-order valence-electron chi connectivity index (χ3n) is 4.70. The van der Waals surface area contributed by atoms with Gasteiger partial charge in [0.05, 0.1) is 0 Å². The smallest absolute Gasteiger partial charge is 0.267 e. The van der Waals surface area contributed by atoms with E-state index in [9.17, 15) is 9.18 Å².